The van der Waals surface area contributed by atoms with Crippen molar-refractivity contribution in [3.05, 3.63) is 27.3 Å². The van der Waals surface area contributed by atoms with Crippen LogP contribution < -0.4 is 4.52 Å². The Hall–Kier alpha value is -0.500. The summed E-state index contributed by atoms with van der Waals surface area (Å²) >= 11 is -3.81. The number of rotatable bonds is 3. The van der Waals surface area contributed by atoms with Crippen molar-refractivity contribution in [3.8, 4) is 5.75 Å². The van der Waals surface area contributed by atoms with Crippen LogP contribution >= 0.6 is 27.6 Å². The molecule has 0 saturated carbocycles. The molecule has 8 heteroatoms. The lowest BCUT2D eigenvalue weighted by molar-refractivity contribution is 0.282. The third kappa shape index (κ3) is 3.86. The molecule has 0 aromatic heterocycles. The summed E-state index contributed by atoms with van der Waals surface area (Å²) in [4.78, 5) is 17.1. The lowest BCUT2D eigenvalue weighted by Crippen LogP contribution is -1.93. The second kappa shape index (κ2) is 4.56. The van der Waals surface area contributed by atoms with Crippen LogP contribution in [0.1, 0.15) is 5.56 Å². The van der Waals surface area contributed by atoms with E-state index in [2.05, 4.69) is 4.52 Å². The van der Waals surface area contributed by atoms with Crippen molar-refractivity contribution in [2.75, 3.05) is 0 Å². The van der Waals surface area contributed by atoms with Crippen LogP contribution in [0, 0.1) is 10.5 Å². The molecule has 0 radical (unpaired) electrons. The summed E-state index contributed by atoms with van der Waals surface area (Å²) < 4.78 is 36.3. The van der Waals surface area contributed by atoms with Crippen LogP contribution in [0.4, 0.5) is 0 Å². The van der Waals surface area contributed by atoms with E-state index in [1.807, 2.05) is 0 Å². The van der Waals surface area contributed by atoms with Crippen molar-refractivity contribution >= 4 is 27.6 Å². The number of hydrogen-bond donors (Lipinski definition) is 2. The van der Waals surface area contributed by atoms with Gasteiger partial charge in [-0.2, -0.15) is 0 Å². The number of aryl methyl sites for hydroxylation is 1. The lowest BCUT2D eigenvalue weighted by Gasteiger charge is -2.08. The summed E-state index contributed by atoms with van der Waals surface area (Å²) in [5.41, 5.74) is 0.653. The van der Waals surface area contributed by atoms with E-state index in [0.717, 1.165) is 0 Å². The minimum Gasteiger partial charge on any atom is -0.403 e. The zero-order valence-electron chi connectivity index (χ0n) is 7.58. The Kier molecular flexibility index (Phi) is 3.82. The first-order valence-corrected chi connectivity index (χ1v) is 8.08. The SMILES string of the molecule is Cc1ccc(I(=O)=O)c(OP(=O)(O)O)c1. The van der Waals surface area contributed by atoms with Gasteiger partial charge in [-0.1, -0.05) is 6.07 Å². The first-order chi connectivity index (χ1) is 6.79. The highest BCUT2D eigenvalue weighted by Crippen LogP contribution is 2.41. The van der Waals surface area contributed by atoms with Gasteiger partial charge in [-0.05, 0) is 24.6 Å². The van der Waals surface area contributed by atoms with Crippen molar-refractivity contribution < 1.29 is 25.0 Å². The van der Waals surface area contributed by atoms with Crippen LogP contribution in [-0.4, -0.2) is 9.79 Å². The first-order valence-electron chi connectivity index (χ1n) is 3.70. The van der Waals surface area contributed by atoms with Crippen LogP contribution in [0.25, 0.3) is 0 Å². The van der Waals surface area contributed by atoms with Gasteiger partial charge in [0.25, 0.3) is 0 Å². The van der Waals surface area contributed by atoms with Gasteiger partial charge in [-0.3, -0.25) is 9.79 Å². The van der Waals surface area contributed by atoms with E-state index in [1.165, 1.54) is 18.2 Å². The standard InChI is InChI=1S/C7H8IO6P/c1-5-2-3-6(8(9)10)7(4-5)14-15(11,12)13/h2-4H,1H3,(H2,11,12,13). The fraction of sp³-hybridized carbons (Fsp3) is 0.143. The molecule has 15 heavy (non-hydrogen) atoms. The Balaban J connectivity index is 3.25. The quantitative estimate of drug-likeness (QED) is 0.640. The normalized spacial score (nSPS) is 11.7. The predicted octanol–water partition coefficient (Wildman–Crippen LogP) is 1.83. The minimum absolute atomic E-state index is 0.159. The summed E-state index contributed by atoms with van der Waals surface area (Å²) in [7, 11) is -4.73. The maximum atomic E-state index is 10.8. The zero-order chi connectivity index (χ0) is 11.6. The summed E-state index contributed by atoms with van der Waals surface area (Å²) in [6.07, 6.45) is 0. The second-order valence-corrected chi connectivity index (χ2v) is 6.30. The molecule has 0 heterocycles. The van der Waals surface area contributed by atoms with Crippen LogP contribution in [0.5, 0.6) is 5.75 Å². The van der Waals surface area contributed by atoms with E-state index in [1.54, 1.807) is 6.92 Å². The van der Waals surface area contributed by atoms with Gasteiger partial charge in [0, 0.05) is 0 Å². The van der Waals surface area contributed by atoms with Crippen molar-refractivity contribution in [2.24, 2.45) is 0 Å². The maximum Gasteiger partial charge on any atom is 0.524 e. The number of halogens is 1. The molecule has 0 spiro atoms. The highest BCUT2D eigenvalue weighted by Gasteiger charge is 2.20. The number of hydrogen-bond acceptors (Lipinski definition) is 4. The number of benzene rings is 1. The van der Waals surface area contributed by atoms with Gasteiger partial charge in [0.05, 0.1) is 0 Å². The smallest absolute Gasteiger partial charge is 0.403 e. The van der Waals surface area contributed by atoms with E-state index in [0.29, 0.717) is 5.56 Å². The average molecular weight is 346 g/mol. The molecule has 0 unspecified atom stereocenters. The van der Waals surface area contributed by atoms with Crippen molar-refractivity contribution in [1.82, 2.24) is 0 Å². The second-order valence-electron chi connectivity index (χ2n) is 2.73. The summed E-state index contributed by atoms with van der Waals surface area (Å²) in [5, 5.41) is 0. The highest BCUT2D eigenvalue weighted by atomic mass is 127. The maximum absolute atomic E-state index is 10.8. The molecule has 1 aromatic rings. The zero-order valence-corrected chi connectivity index (χ0v) is 10.6. The number of phosphoric acid groups is 1. The summed E-state index contributed by atoms with van der Waals surface area (Å²) in [6, 6.07) is 4.07. The topological polar surface area (TPSA) is 101 Å². The third-order valence-electron chi connectivity index (χ3n) is 1.47. The van der Waals surface area contributed by atoms with Crippen LogP contribution in [0.15, 0.2) is 18.2 Å². The minimum atomic E-state index is -4.73. The molecule has 1 aromatic carbocycles. The Bertz CT molecular complexity index is 480. The molecule has 0 aliphatic carbocycles. The monoisotopic (exact) mass is 346 g/mol. The van der Waals surface area contributed by atoms with Gasteiger partial charge >= 0.3 is 27.6 Å². The summed E-state index contributed by atoms with van der Waals surface area (Å²) in [6.45, 7) is 1.66. The number of phosphoric ester groups is 1. The van der Waals surface area contributed by atoms with Gasteiger partial charge in [-0.15, -0.1) is 0 Å². The molecule has 0 atom stereocenters. The molecule has 84 valence electrons. The van der Waals surface area contributed by atoms with Gasteiger partial charge in [0.15, 0.2) is 0 Å². The Morgan fingerprint density at radius 1 is 1.33 bits per heavy atom. The molecule has 0 aliphatic heterocycles. The molecular weight excluding hydrogens is 338 g/mol. The first kappa shape index (κ1) is 12.6. The molecule has 0 amide bonds. The van der Waals surface area contributed by atoms with Crippen molar-refractivity contribution in [2.45, 2.75) is 6.92 Å². The van der Waals surface area contributed by atoms with E-state index < -0.39 is 27.6 Å². The van der Waals surface area contributed by atoms with Gasteiger partial charge in [-0.25, -0.2) is 10.7 Å². The molecule has 1 rings (SSSR count). The van der Waals surface area contributed by atoms with E-state index in [-0.39, 0.29) is 9.32 Å². The lowest BCUT2D eigenvalue weighted by atomic mass is 10.2. The molecule has 6 nitrogen and oxygen atoms in total. The highest BCUT2D eigenvalue weighted by molar-refractivity contribution is 14.2. The van der Waals surface area contributed by atoms with Gasteiger partial charge in [0.2, 0.25) is 0 Å². The molecule has 0 fully saturated rings. The van der Waals surface area contributed by atoms with E-state index in [9.17, 15) is 10.7 Å². The predicted molar refractivity (Wildman–Crippen MR) is 57.9 cm³/mol. The largest absolute Gasteiger partial charge is 0.524 e. The van der Waals surface area contributed by atoms with Crippen LogP contribution in [-0.2, 0) is 10.7 Å². The fourth-order valence-electron chi connectivity index (χ4n) is 0.936. The molecule has 0 bridgehead atoms. The Morgan fingerprint density at radius 3 is 2.40 bits per heavy atom. The van der Waals surface area contributed by atoms with Crippen LogP contribution in [0.3, 0.4) is 0 Å². The van der Waals surface area contributed by atoms with Crippen LogP contribution in [0.2, 0.25) is 0 Å². The van der Waals surface area contributed by atoms with Gasteiger partial charge in [0.1, 0.15) is 9.32 Å². The third-order valence-corrected chi connectivity index (χ3v) is 3.74. The van der Waals surface area contributed by atoms with E-state index in [4.69, 9.17) is 9.79 Å². The molecule has 0 saturated heterocycles. The average Bonchev–Trinajstić information content (AvgIpc) is 1.99. The van der Waals surface area contributed by atoms with E-state index >= 15 is 0 Å². The summed E-state index contributed by atoms with van der Waals surface area (Å²) in [5.74, 6) is -0.293. The molecular formula is C7H8IO6P. The Labute approximate surface area is 92.7 Å². The van der Waals surface area contributed by atoms with Crippen molar-refractivity contribution in [3.63, 3.8) is 0 Å². The van der Waals surface area contributed by atoms with Gasteiger partial charge < -0.3 is 4.52 Å². The Morgan fingerprint density at radius 2 is 1.93 bits per heavy atom. The fourth-order valence-corrected chi connectivity index (χ4v) is 2.69. The van der Waals surface area contributed by atoms with Crippen molar-refractivity contribution in [1.29, 1.82) is 0 Å². The molecule has 2 N–H and O–H groups in total. The molecule has 0 aliphatic rings.